The Morgan fingerprint density at radius 1 is 1.35 bits per heavy atom. The summed E-state index contributed by atoms with van der Waals surface area (Å²) >= 11 is 0. The van der Waals surface area contributed by atoms with E-state index in [1.807, 2.05) is 0 Å². The summed E-state index contributed by atoms with van der Waals surface area (Å²) in [7, 11) is -2.19. The van der Waals surface area contributed by atoms with Crippen molar-refractivity contribution >= 4 is 21.4 Å². The van der Waals surface area contributed by atoms with E-state index in [0.29, 0.717) is 19.8 Å². The van der Waals surface area contributed by atoms with Gasteiger partial charge in [0.1, 0.15) is 4.90 Å². The number of rotatable bonds is 9. The van der Waals surface area contributed by atoms with Crippen LogP contribution < -0.4 is 15.8 Å². The van der Waals surface area contributed by atoms with Crippen molar-refractivity contribution in [2.75, 3.05) is 44.5 Å². The molecule has 7 nitrogen and oxygen atoms in total. The van der Waals surface area contributed by atoms with Gasteiger partial charge in [0.2, 0.25) is 10.0 Å². The van der Waals surface area contributed by atoms with Crippen molar-refractivity contribution in [3.63, 3.8) is 0 Å². The molecule has 0 atom stereocenters. The first-order valence-electron chi connectivity index (χ1n) is 6.27. The number of ether oxygens (including phenoxy) is 1. The summed E-state index contributed by atoms with van der Waals surface area (Å²) in [4.78, 5) is 0.0665. The second-order valence-corrected chi connectivity index (χ2v) is 5.93. The first kappa shape index (κ1) is 16.7. The molecule has 0 unspecified atom stereocenters. The Kier molecular flexibility index (Phi) is 6.73. The van der Waals surface area contributed by atoms with Crippen LogP contribution in [0, 0.1) is 0 Å². The predicted octanol–water partition coefficient (Wildman–Crippen LogP) is -0.0122. The number of hydrogen-bond donors (Lipinski definition) is 4. The van der Waals surface area contributed by atoms with Gasteiger partial charge in [-0.15, -0.1) is 0 Å². The molecule has 0 aliphatic carbocycles. The molecule has 0 heterocycles. The van der Waals surface area contributed by atoms with Gasteiger partial charge in [-0.2, -0.15) is 0 Å². The molecule has 5 N–H and O–H groups in total. The highest BCUT2D eigenvalue weighted by Crippen LogP contribution is 2.22. The lowest BCUT2D eigenvalue weighted by molar-refractivity contribution is 0.0922. The quantitative estimate of drug-likeness (QED) is 0.377. The third-order valence-electron chi connectivity index (χ3n) is 2.60. The lowest BCUT2D eigenvalue weighted by atomic mass is 10.2. The maximum Gasteiger partial charge on any atom is 0.242 e. The number of benzene rings is 1. The van der Waals surface area contributed by atoms with Crippen LogP contribution in [-0.2, 0) is 14.8 Å². The molecule has 0 saturated heterocycles. The SMILES string of the molecule is CNS(=O)(=O)c1ccc(NCCCOCCO)cc1N. The van der Waals surface area contributed by atoms with E-state index in [1.54, 1.807) is 12.1 Å². The Labute approximate surface area is 119 Å². The second kappa shape index (κ2) is 8.05. The minimum Gasteiger partial charge on any atom is -0.398 e. The summed E-state index contributed by atoms with van der Waals surface area (Å²) in [5, 5.41) is 11.7. The van der Waals surface area contributed by atoms with E-state index in [0.717, 1.165) is 12.1 Å². The normalized spacial score (nSPS) is 11.5. The zero-order valence-electron chi connectivity index (χ0n) is 11.4. The van der Waals surface area contributed by atoms with Gasteiger partial charge < -0.3 is 20.9 Å². The maximum absolute atomic E-state index is 11.6. The zero-order chi connectivity index (χ0) is 15.0. The molecule has 8 heteroatoms. The monoisotopic (exact) mass is 303 g/mol. The summed E-state index contributed by atoms with van der Waals surface area (Å²) in [6.07, 6.45) is 0.774. The summed E-state index contributed by atoms with van der Waals surface area (Å²) in [5.41, 5.74) is 6.69. The van der Waals surface area contributed by atoms with E-state index in [9.17, 15) is 8.42 Å². The van der Waals surface area contributed by atoms with Crippen LogP contribution in [0.4, 0.5) is 11.4 Å². The van der Waals surface area contributed by atoms with Crippen LogP contribution in [0.5, 0.6) is 0 Å². The molecule has 0 aliphatic rings. The van der Waals surface area contributed by atoms with Gasteiger partial charge >= 0.3 is 0 Å². The first-order valence-corrected chi connectivity index (χ1v) is 7.75. The third kappa shape index (κ3) is 4.97. The molecule has 20 heavy (non-hydrogen) atoms. The predicted molar refractivity (Wildman–Crippen MR) is 78.1 cm³/mol. The van der Waals surface area contributed by atoms with E-state index in [-0.39, 0.29) is 17.2 Å². The van der Waals surface area contributed by atoms with E-state index in [4.69, 9.17) is 15.6 Å². The number of nitrogens with one attached hydrogen (secondary N) is 2. The van der Waals surface area contributed by atoms with Crippen molar-refractivity contribution in [3.8, 4) is 0 Å². The molecule has 0 bridgehead atoms. The van der Waals surface area contributed by atoms with Crippen LogP contribution in [0.25, 0.3) is 0 Å². The highest BCUT2D eigenvalue weighted by molar-refractivity contribution is 7.89. The molecule has 114 valence electrons. The summed E-state index contributed by atoms with van der Waals surface area (Å²) in [6, 6.07) is 4.71. The number of aliphatic hydroxyl groups excluding tert-OH is 1. The minimum atomic E-state index is -3.53. The Bertz CT molecular complexity index is 519. The van der Waals surface area contributed by atoms with Gasteiger partial charge in [0.25, 0.3) is 0 Å². The molecule has 0 amide bonds. The van der Waals surface area contributed by atoms with Crippen molar-refractivity contribution in [3.05, 3.63) is 18.2 Å². The minimum absolute atomic E-state index is 0.0192. The van der Waals surface area contributed by atoms with Gasteiger partial charge in [0.15, 0.2) is 0 Å². The average molecular weight is 303 g/mol. The maximum atomic E-state index is 11.6. The first-order chi connectivity index (χ1) is 9.51. The Hall–Kier alpha value is -1.35. The molecule has 0 aromatic heterocycles. The smallest absolute Gasteiger partial charge is 0.242 e. The fraction of sp³-hybridized carbons (Fsp3) is 0.500. The van der Waals surface area contributed by atoms with Crippen LogP contribution in [0.15, 0.2) is 23.1 Å². The van der Waals surface area contributed by atoms with Gasteiger partial charge in [0, 0.05) is 18.8 Å². The number of hydrogen-bond acceptors (Lipinski definition) is 6. The summed E-state index contributed by atoms with van der Waals surface area (Å²) < 4.78 is 30.6. The van der Waals surface area contributed by atoms with E-state index in [2.05, 4.69) is 10.0 Å². The van der Waals surface area contributed by atoms with Gasteiger partial charge in [-0.1, -0.05) is 0 Å². The highest BCUT2D eigenvalue weighted by atomic mass is 32.2. The van der Waals surface area contributed by atoms with Crippen LogP contribution in [0.1, 0.15) is 6.42 Å². The van der Waals surface area contributed by atoms with E-state index in [1.165, 1.54) is 13.1 Å². The van der Waals surface area contributed by atoms with Gasteiger partial charge in [0.05, 0.1) is 18.9 Å². The Morgan fingerprint density at radius 2 is 2.10 bits per heavy atom. The largest absolute Gasteiger partial charge is 0.398 e. The number of aliphatic hydroxyl groups is 1. The lowest BCUT2D eigenvalue weighted by Gasteiger charge is -2.10. The fourth-order valence-corrected chi connectivity index (χ4v) is 2.42. The molecular formula is C12H21N3O4S. The number of nitrogen functional groups attached to an aromatic ring is 1. The molecule has 0 fully saturated rings. The number of nitrogens with two attached hydrogens (primary N) is 1. The molecule has 0 spiro atoms. The van der Waals surface area contributed by atoms with Crippen LogP contribution >= 0.6 is 0 Å². The van der Waals surface area contributed by atoms with Crippen LogP contribution in [0.3, 0.4) is 0 Å². The van der Waals surface area contributed by atoms with E-state index < -0.39 is 10.0 Å². The van der Waals surface area contributed by atoms with E-state index >= 15 is 0 Å². The van der Waals surface area contributed by atoms with Crippen molar-refractivity contribution in [2.24, 2.45) is 0 Å². The van der Waals surface area contributed by atoms with Crippen molar-refractivity contribution in [2.45, 2.75) is 11.3 Å². The fourth-order valence-electron chi connectivity index (χ4n) is 1.59. The van der Waals surface area contributed by atoms with Crippen molar-refractivity contribution < 1.29 is 18.3 Å². The van der Waals surface area contributed by atoms with Crippen molar-refractivity contribution in [1.82, 2.24) is 4.72 Å². The number of sulfonamides is 1. The van der Waals surface area contributed by atoms with Crippen molar-refractivity contribution in [1.29, 1.82) is 0 Å². The molecule has 0 radical (unpaired) electrons. The Balaban J connectivity index is 2.52. The molecule has 1 rings (SSSR count). The van der Waals surface area contributed by atoms with Gasteiger partial charge in [-0.25, -0.2) is 13.1 Å². The number of anilines is 2. The summed E-state index contributed by atoms with van der Waals surface area (Å²) in [6.45, 7) is 1.58. The topological polar surface area (TPSA) is 114 Å². The molecule has 0 aliphatic heterocycles. The van der Waals surface area contributed by atoms with Crippen LogP contribution in [-0.4, -0.2) is 46.9 Å². The summed E-state index contributed by atoms with van der Waals surface area (Å²) in [5.74, 6) is 0. The van der Waals surface area contributed by atoms with Gasteiger partial charge in [-0.3, -0.25) is 0 Å². The zero-order valence-corrected chi connectivity index (χ0v) is 12.2. The molecular weight excluding hydrogens is 282 g/mol. The lowest BCUT2D eigenvalue weighted by Crippen LogP contribution is -2.20. The molecule has 1 aromatic rings. The highest BCUT2D eigenvalue weighted by Gasteiger charge is 2.14. The second-order valence-electron chi connectivity index (χ2n) is 4.08. The average Bonchev–Trinajstić information content (AvgIpc) is 2.42. The molecule has 1 aromatic carbocycles. The standard InChI is InChI=1S/C12H21N3O4S/c1-14-20(17,18)12-4-3-10(9-11(12)13)15-5-2-7-19-8-6-16/h3-4,9,14-16H,2,5-8,13H2,1H3. The molecule has 0 saturated carbocycles. The van der Waals surface area contributed by atoms with Gasteiger partial charge in [-0.05, 0) is 31.7 Å². The van der Waals surface area contributed by atoms with Crippen LogP contribution in [0.2, 0.25) is 0 Å². The third-order valence-corrected chi connectivity index (χ3v) is 4.09. The Morgan fingerprint density at radius 3 is 2.70 bits per heavy atom.